The quantitative estimate of drug-likeness (QED) is 0.551. The summed E-state index contributed by atoms with van der Waals surface area (Å²) in [6.07, 6.45) is 5.91. The fourth-order valence-corrected chi connectivity index (χ4v) is 5.47. The molecule has 8 heteroatoms. The van der Waals surface area contributed by atoms with Gasteiger partial charge in [-0.25, -0.2) is 9.78 Å². The summed E-state index contributed by atoms with van der Waals surface area (Å²) in [4.78, 5) is 30.0. The van der Waals surface area contributed by atoms with Crippen molar-refractivity contribution in [2.75, 3.05) is 42.6 Å². The number of carbonyl (C=O) groups excluding carboxylic acids is 1. The Morgan fingerprint density at radius 3 is 2.47 bits per heavy atom. The van der Waals surface area contributed by atoms with Gasteiger partial charge < -0.3 is 9.64 Å². The van der Waals surface area contributed by atoms with Gasteiger partial charge in [0.05, 0.1) is 49.4 Å². The van der Waals surface area contributed by atoms with Crippen LogP contribution < -0.4 is 9.80 Å². The number of aliphatic imine (C=N–C) groups is 1. The molecule has 1 aromatic carbocycles. The smallest absolute Gasteiger partial charge is 0.330 e. The zero-order valence-electron chi connectivity index (χ0n) is 20.0. The van der Waals surface area contributed by atoms with Gasteiger partial charge in [-0.05, 0) is 36.6 Å². The zero-order valence-corrected chi connectivity index (χ0v) is 20.7. The lowest BCUT2D eigenvalue weighted by Crippen LogP contribution is -2.51. The Morgan fingerprint density at radius 2 is 1.79 bits per heavy atom. The highest BCUT2D eigenvalue weighted by molar-refractivity contribution is 6.30. The third kappa shape index (κ3) is 4.27. The van der Waals surface area contributed by atoms with Crippen LogP contribution in [0.4, 0.5) is 16.2 Å². The summed E-state index contributed by atoms with van der Waals surface area (Å²) in [5, 5.41) is 0.684. The second kappa shape index (κ2) is 9.55. The average Bonchev–Trinajstić information content (AvgIpc) is 3.23. The van der Waals surface area contributed by atoms with Gasteiger partial charge in [0.1, 0.15) is 5.69 Å². The number of pyridine rings is 1. The Kier molecular flexibility index (Phi) is 6.49. The normalized spacial score (nSPS) is 19.2. The van der Waals surface area contributed by atoms with Gasteiger partial charge in [0, 0.05) is 18.1 Å². The Balaban J connectivity index is 1.57. The van der Waals surface area contributed by atoms with Crippen LogP contribution in [0.3, 0.4) is 0 Å². The predicted octanol–water partition coefficient (Wildman–Crippen LogP) is 5.11. The number of benzene rings is 1. The lowest BCUT2D eigenvalue weighted by Gasteiger charge is -2.37. The summed E-state index contributed by atoms with van der Waals surface area (Å²) in [7, 11) is 0. The molecule has 0 bridgehead atoms. The number of fused-ring (bicyclic) bond motifs is 3. The first-order chi connectivity index (χ1) is 16.5. The Labute approximate surface area is 206 Å². The van der Waals surface area contributed by atoms with E-state index < -0.39 is 0 Å². The highest BCUT2D eigenvalue weighted by atomic mass is 35.5. The summed E-state index contributed by atoms with van der Waals surface area (Å²) < 4.78 is 5.52. The number of ether oxygens (including phenoxy) is 1. The first kappa shape index (κ1) is 23.1. The van der Waals surface area contributed by atoms with E-state index >= 15 is 0 Å². The molecule has 3 aliphatic heterocycles. The number of carbonyl (C=O) groups is 1. The van der Waals surface area contributed by atoms with Crippen LogP contribution in [0.1, 0.15) is 50.8 Å². The molecule has 0 radical (unpaired) electrons. The highest BCUT2D eigenvalue weighted by Crippen LogP contribution is 2.40. The number of amidine groups is 1. The van der Waals surface area contributed by atoms with Crippen LogP contribution in [-0.4, -0.2) is 60.1 Å². The van der Waals surface area contributed by atoms with Crippen molar-refractivity contribution in [1.82, 2.24) is 9.88 Å². The first-order valence-corrected chi connectivity index (χ1v) is 12.7. The molecule has 34 heavy (non-hydrogen) atoms. The number of hydrogen-bond donors (Lipinski definition) is 0. The third-order valence-corrected chi connectivity index (χ3v) is 7.18. The van der Waals surface area contributed by atoms with Gasteiger partial charge in [-0.15, -0.1) is 0 Å². The maximum Gasteiger partial charge on any atom is 0.330 e. The van der Waals surface area contributed by atoms with Crippen molar-refractivity contribution in [2.45, 2.75) is 51.6 Å². The van der Waals surface area contributed by atoms with Crippen LogP contribution >= 0.6 is 11.6 Å². The van der Waals surface area contributed by atoms with E-state index in [4.69, 9.17) is 26.3 Å². The van der Waals surface area contributed by atoms with E-state index in [1.54, 1.807) is 0 Å². The van der Waals surface area contributed by atoms with Gasteiger partial charge in [-0.3, -0.25) is 14.8 Å². The van der Waals surface area contributed by atoms with Crippen LogP contribution in [0.15, 0.2) is 41.5 Å². The zero-order chi connectivity index (χ0) is 23.7. The molecular weight excluding hydrogens is 450 g/mol. The molecule has 3 aliphatic rings. The number of anilines is 2. The van der Waals surface area contributed by atoms with Crippen LogP contribution in [0.5, 0.6) is 0 Å². The molecule has 180 valence electrons. The molecule has 0 atom stereocenters. The van der Waals surface area contributed by atoms with Crippen molar-refractivity contribution in [3.8, 4) is 0 Å². The molecule has 1 aromatic heterocycles. The molecule has 5 rings (SSSR count). The predicted molar refractivity (Wildman–Crippen MR) is 136 cm³/mol. The summed E-state index contributed by atoms with van der Waals surface area (Å²) in [5.74, 6) is 0.725. The van der Waals surface area contributed by atoms with Gasteiger partial charge in [0.2, 0.25) is 0 Å². The first-order valence-electron chi connectivity index (χ1n) is 12.3. The van der Waals surface area contributed by atoms with Crippen LogP contribution in [0.2, 0.25) is 5.02 Å². The summed E-state index contributed by atoms with van der Waals surface area (Å²) >= 11 is 6.10. The molecule has 0 spiro atoms. The van der Waals surface area contributed by atoms with Crippen molar-refractivity contribution in [3.05, 3.63) is 52.8 Å². The van der Waals surface area contributed by atoms with E-state index in [0.29, 0.717) is 31.3 Å². The van der Waals surface area contributed by atoms with E-state index in [-0.39, 0.29) is 11.6 Å². The lowest BCUT2D eigenvalue weighted by molar-refractivity contribution is 0.122. The lowest BCUT2D eigenvalue weighted by atomic mass is 9.90. The second-order valence-electron chi connectivity index (χ2n) is 9.40. The third-order valence-electron chi connectivity index (χ3n) is 6.93. The number of urea groups is 1. The van der Waals surface area contributed by atoms with E-state index in [9.17, 15) is 4.79 Å². The highest BCUT2D eigenvalue weighted by Gasteiger charge is 2.47. The van der Waals surface area contributed by atoms with Crippen LogP contribution in [0, 0.1) is 0 Å². The van der Waals surface area contributed by atoms with Gasteiger partial charge in [0.25, 0.3) is 0 Å². The fraction of sp³-hybridized carbons (Fsp3) is 0.500. The van der Waals surface area contributed by atoms with E-state index in [1.165, 1.54) is 0 Å². The largest absolute Gasteiger partial charge is 0.378 e. The molecule has 1 fully saturated rings. The summed E-state index contributed by atoms with van der Waals surface area (Å²) in [5.41, 5.74) is 3.42. The number of nitrogens with zero attached hydrogens (tertiary/aromatic N) is 5. The molecule has 0 saturated carbocycles. The fourth-order valence-electron chi connectivity index (χ4n) is 5.34. The SMILES string of the molecule is CCCC1(CCC)CN2C(=O)N(Cc3ccc(Cl)cc3)c3cc(N4CCOCC4)cnc3C2=N1. The molecule has 1 saturated heterocycles. The Hall–Kier alpha value is -2.64. The van der Waals surface area contributed by atoms with Gasteiger partial charge in [-0.2, -0.15) is 0 Å². The van der Waals surface area contributed by atoms with E-state index in [0.717, 1.165) is 67.2 Å². The van der Waals surface area contributed by atoms with Gasteiger partial charge in [-0.1, -0.05) is 50.4 Å². The van der Waals surface area contributed by atoms with E-state index in [1.807, 2.05) is 40.3 Å². The van der Waals surface area contributed by atoms with Gasteiger partial charge >= 0.3 is 6.03 Å². The van der Waals surface area contributed by atoms with Crippen LogP contribution in [-0.2, 0) is 11.3 Å². The minimum absolute atomic E-state index is 0.0313. The van der Waals surface area contributed by atoms with Crippen molar-refractivity contribution in [3.63, 3.8) is 0 Å². The molecule has 0 aliphatic carbocycles. The van der Waals surface area contributed by atoms with Crippen molar-refractivity contribution in [1.29, 1.82) is 0 Å². The monoisotopic (exact) mass is 481 g/mol. The minimum atomic E-state index is -0.230. The molecule has 2 amide bonds. The number of aromatic nitrogens is 1. The van der Waals surface area contributed by atoms with Gasteiger partial charge in [0.15, 0.2) is 5.84 Å². The number of rotatable bonds is 7. The van der Waals surface area contributed by atoms with Crippen molar-refractivity contribution < 1.29 is 9.53 Å². The Bertz CT molecular complexity index is 1080. The number of morpholine rings is 1. The molecular formula is C26H32ClN5O2. The van der Waals surface area contributed by atoms with Crippen LogP contribution in [0.25, 0.3) is 0 Å². The Morgan fingerprint density at radius 1 is 1.09 bits per heavy atom. The summed E-state index contributed by atoms with van der Waals surface area (Å²) in [6, 6.07) is 9.74. The number of halogens is 1. The average molecular weight is 482 g/mol. The molecule has 0 unspecified atom stereocenters. The maximum atomic E-state index is 13.9. The second-order valence-corrected chi connectivity index (χ2v) is 9.84. The maximum absolute atomic E-state index is 13.9. The van der Waals surface area contributed by atoms with Crippen molar-refractivity contribution >= 4 is 34.8 Å². The molecule has 0 N–H and O–H groups in total. The number of hydrogen-bond acceptors (Lipinski definition) is 5. The number of amides is 2. The topological polar surface area (TPSA) is 61.3 Å². The molecule has 2 aromatic rings. The minimum Gasteiger partial charge on any atom is -0.378 e. The van der Waals surface area contributed by atoms with Crippen molar-refractivity contribution in [2.24, 2.45) is 4.99 Å². The standard InChI is InChI=1S/C26H32ClN5O2/c1-3-9-26(10-4-2)18-32-24(29-26)23-22(15-21(16-28-23)30-11-13-34-14-12-30)31(25(32)33)17-19-5-7-20(27)8-6-19/h5-8,15-16H,3-4,9-14,17-18H2,1-2H3. The van der Waals surface area contributed by atoms with E-state index in [2.05, 4.69) is 24.8 Å². The summed E-state index contributed by atoms with van der Waals surface area (Å²) in [6.45, 7) is 8.46. The molecule has 7 nitrogen and oxygen atoms in total. The molecule has 4 heterocycles.